The zero-order valence-corrected chi connectivity index (χ0v) is 10.0. The van der Waals surface area contributed by atoms with Crippen LogP contribution in [0.5, 0.6) is 5.75 Å². The molecule has 0 fully saturated rings. The Morgan fingerprint density at radius 1 is 1.41 bits per heavy atom. The van der Waals surface area contributed by atoms with E-state index in [4.69, 9.17) is 20.9 Å². The smallest absolute Gasteiger partial charge is 0.244 e. The van der Waals surface area contributed by atoms with Gasteiger partial charge in [-0.1, -0.05) is 23.4 Å². The van der Waals surface area contributed by atoms with Gasteiger partial charge in [0.1, 0.15) is 11.1 Å². The van der Waals surface area contributed by atoms with Gasteiger partial charge in [0.05, 0.1) is 0 Å². The van der Waals surface area contributed by atoms with E-state index >= 15 is 0 Å². The van der Waals surface area contributed by atoms with Crippen LogP contribution in [-0.4, -0.2) is 10.1 Å². The Kier molecular flexibility index (Phi) is 2.52. The molecule has 0 radical (unpaired) electrons. The molecule has 0 saturated heterocycles. The van der Waals surface area contributed by atoms with Gasteiger partial charge in [0.2, 0.25) is 11.7 Å². The first kappa shape index (κ1) is 10.6. The molecule has 2 unspecified atom stereocenters. The predicted octanol–water partition coefficient (Wildman–Crippen LogP) is 3.05. The summed E-state index contributed by atoms with van der Waals surface area (Å²) in [6, 6.07) is 7.93. The summed E-state index contributed by atoms with van der Waals surface area (Å²) in [5.74, 6) is 1.88. The average Bonchev–Trinajstić information content (AvgIpc) is 2.95. The molecule has 4 nitrogen and oxygen atoms in total. The zero-order chi connectivity index (χ0) is 11.8. The van der Waals surface area contributed by atoms with Crippen LogP contribution in [0.4, 0.5) is 0 Å². The fourth-order valence-corrected chi connectivity index (χ4v) is 1.95. The third-order valence-corrected chi connectivity index (χ3v) is 2.92. The van der Waals surface area contributed by atoms with Crippen LogP contribution < -0.4 is 4.74 Å². The minimum atomic E-state index is -0.278. The summed E-state index contributed by atoms with van der Waals surface area (Å²) in [7, 11) is 0. The molecule has 0 spiro atoms. The highest BCUT2D eigenvalue weighted by molar-refractivity contribution is 6.20. The molecule has 0 bridgehead atoms. The SMILES string of the molecule is CC(Cl)c1nc(C2Cc3ccccc3O2)no1. The van der Waals surface area contributed by atoms with Crippen LogP contribution >= 0.6 is 11.6 Å². The highest BCUT2D eigenvalue weighted by Crippen LogP contribution is 2.35. The van der Waals surface area contributed by atoms with E-state index in [0.717, 1.165) is 12.2 Å². The summed E-state index contributed by atoms with van der Waals surface area (Å²) in [6.45, 7) is 1.79. The number of benzene rings is 1. The van der Waals surface area contributed by atoms with Crippen molar-refractivity contribution in [1.82, 2.24) is 10.1 Å². The van der Waals surface area contributed by atoms with E-state index in [9.17, 15) is 0 Å². The molecule has 17 heavy (non-hydrogen) atoms. The normalized spacial score (nSPS) is 19.8. The molecule has 3 rings (SSSR count). The molecule has 5 heteroatoms. The number of para-hydroxylation sites is 1. The van der Waals surface area contributed by atoms with Crippen LogP contribution in [0.1, 0.15) is 35.7 Å². The molecule has 0 saturated carbocycles. The molecule has 1 aromatic heterocycles. The second kappa shape index (κ2) is 4.04. The first-order valence-electron chi connectivity index (χ1n) is 5.46. The van der Waals surface area contributed by atoms with Gasteiger partial charge in [-0.15, -0.1) is 11.6 Å². The minimum absolute atomic E-state index is 0.166. The maximum absolute atomic E-state index is 5.88. The van der Waals surface area contributed by atoms with Gasteiger partial charge in [0.25, 0.3) is 0 Å². The van der Waals surface area contributed by atoms with Crippen LogP contribution in [-0.2, 0) is 6.42 Å². The average molecular weight is 251 g/mol. The van der Waals surface area contributed by atoms with Crippen LogP contribution in [0.15, 0.2) is 28.8 Å². The van der Waals surface area contributed by atoms with Gasteiger partial charge >= 0.3 is 0 Å². The van der Waals surface area contributed by atoms with Crippen molar-refractivity contribution in [3.05, 3.63) is 41.5 Å². The summed E-state index contributed by atoms with van der Waals surface area (Å²) in [5, 5.41) is 3.63. The quantitative estimate of drug-likeness (QED) is 0.769. The van der Waals surface area contributed by atoms with E-state index < -0.39 is 0 Å². The number of fused-ring (bicyclic) bond motifs is 1. The maximum atomic E-state index is 5.88. The Hall–Kier alpha value is -1.55. The number of ether oxygens (including phenoxy) is 1. The molecule has 1 aliphatic rings. The molecule has 0 N–H and O–H groups in total. The van der Waals surface area contributed by atoms with E-state index in [1.807, 2.05) is 24.3 Å². The molecule has 1 aromatic carbocycles. The van der Waals surface area contributed by atoms with Crippen molar-refractivity contribution in [3.8, 4) is 5.75 Å². The van der Waals surface area contributed by atoms with Crippen molar-refractivity contribution in [3.63, 3.8) is 0 Å². The van der Waals surface area contributed by atoms with E-state index in [0.29, 0.717) is 11.7 Å². The molecular weight excluding hydrogens is 240 g/mol. The molecular formula is C12H11ClN2O2. The lowest BCUT2D eigenvalue weighted by molar-refractivity contribution is 0.221. The topological polar surface area (TPSA) is 48.2 Å². The fourth-order valence-electron chi connectivity index (χ4n) is 1.87. The van der Waals surface area contributed by atoms with E-state index in [1.54, 1.807) is 6.92 Å². The Labute approximate surface area is 104 Å². The molecule has 1 aliphatic heterocycles. The van der Waals surface area contributed by atoms with Crippen LogP contribution in [0.3, 0.4) is 0 Å². The Morgan fingerprint density at radius 3 is 2.94 bits per heavy atom. The third-order valence-electron chi connectivity index (χ3n) is 2.73. The third kappa shape index (κ3) is 1.89. The number of aromatic nitrogens is 2. The summed E-state index contributed by atoms with van der Waals surface area (Å²) in [4.78, 5) is 4.24. The Bertz CT molecular complexity index is 514. The summed E-state index contributed by atoms with van der Waals surface area (Å²) in [6.07, 6.45) is 0.603. The summed E-state index contributed by atoms with van der Waals surface area (Å²) in [5.41, 5.74) is 1.17. The zero-order valence-electron chi connectivity index (χ0n) is 9.26. The second-order valence-electron chi connectivity index (χ2n) is 4.03. The summed E-state index contributed by atoms with van der Waals surface area (Å²) >= 11 is 5.88. The number of rotatable bonds is 2. The van der Waals surface area contributed by atoms with E-state index in [-0.39, 0.29) is 11.5 Å². The van der Waals surface area contributed by atoms with Crippen LogP contribution in [0.25, 0.3) is 0 Å². The highest BCUT2D eigenvalue weighted by atomic mass is 35.5. The minimum Gasteiger partial charge on any atom is -0.482 e. The van der Waals surface area contributed by atoms with E-state index in [2.05, 4.69) is 10.1 Å². The van der Waals surface area contributed by atoms with Gasteiger partial charge in [0, 0.05) is 6.42 Å². The number of alkyl halides is 1. The van der Waals surface area contributed by atoms with Gasteiger partial charge in [-0.2, -0.15) is 4.98 Å². The molecule has 2 aromatic rings. The Balaban J connectivity index is 1.84. The predicted molar refractivity (Wildman–Crippen MR) is 62.1 cm³/mol. The van der Waals surface area contributed by atoms with Crippen molar-refractivity contribution in [2.45, 2.75) is 24.8 Å². The van der Waals surface area contributed by atoms with Gasteiger partial charge in [-0.25, -0.2) is 0 Å². The van der Waals surface area contributed by atoms with Crippen molar-refractivity contribution in [2.75, 3.05) is 0 Å². The number of hydrogen-bond donors (Lipinski definition) is 0. The van der Waals surface area contributed by atoms with Crippen LogP contribution in [0.2, 0.25) is 0 Å². The standard InChI is InChI=1S/C12H11ClN2O2/c1-7(13)12-14-11(15-17-12)10-6-8-4-2-3-5-9(8)16-10/h2-5,7,10H,6H2,1H3. The first-order valence-corrected chi connectivity index (χ1v) is 5.90. The number of hydrogen-bond acceptors (Lipinski definition) is 4. The lowest BCUT2D eigenvalue weighted by Crippen LogP contribution is -2.05. The first-order chi connectivity index (χ1) is 8.24. The van der Waals surface area contributed by atoms with Crippen molar-refractivity contribution >= 4 is 11.6 Å². The fraction of sp³-hybridized carbons (Fsp3) is 0.333. The second-order valence-corrected chi connectivity index (χ2v) is 4.68. The lowest BCUT2D eigenvalue weighted by atomic mass is 10.1. The van der Waals surface area contributed by atoms with Crippen molar-refractivity contribution in [2.24, 2.45) is 0 Å². The molecule has 2 atom stereocenters. The number of halogens is 1. The van der Waals surface area contributed by atoms with E-state index in [1.165, 1.54) is 5.56 Å². The van der Waals surface area contributed by atoms with Gasteiger partial charge in [0.15, 0.2) is 6.10 Å². The van der Waals surface area contributed by atoms with Gasteiger partial charge in [-0.3, -0.25) is 0 Å². The summed E-state index contributed by atoms with van der Waals surface area (Å²) < 4.78 is 10.8. The molecule has 2 heterocycles. The molecule has 88 valence electrons. The maximum Gasteiger partial charge on any atom is 0.244 e. The Morgan fingerprint density at radius 2 is 2.24 bits per heavy atom. The molecule has 0 amide bonds. The lowest BCUT2D eigenvalue weighted by Gasteiger charge is -2.04. The van der Waals surface area contributed by atoms with Gasteiger partial charge < -0.3 is 9.26 Å². The largest absolute Gasteiger partial charge is 0.482 e. The molecule has 0 aliphatic carbocycles. The van der Waals surface area contributed by atoms with Crippen molar-refractivity contribution < 1.29 is 9.26 Å². The number of nitrogens with zero attached hydrogens (tertiary/aromatic N) is 2. The highest BCUT2D eigenvalue weighted by Gasteiger charge is 2.28. The monoisotopic (exact) mass is 250 g/mol. The van der Waals surface area contributed by atoms with Crippen molar-refractivity contribution in [1.29, 1.82) is 0 Å². The van der Waals surface area contributed by atoms with Gasteiger partial charge in [-0.05, 0) is 18.6 Å². The van der Waals surface area contributed by atoms with Crippen LogP contribution in [0, 0.1) is 0 Å².